The molecule has 41 heavy (non-hydrogen) atoms. The van der Waals surface area contributed by atoms with Gasteiger partial charge in [0.2, 0.25) is 17.7 Å². The van der Waals surface area contributed by atoms with Crippen molar-refractivity contribution in [3.8, 4) is 0 Å². The Balaban J connectivity index is 1.78. The first kappa shape index (κ1) is 31.4. The first-order chi connectivity index (χ1) is 19.7. The maximum absolute atomic E-state index is 14.5. The van der Waals surface area contributed by atoms with Crippen molar-refractivity contribution in [3.63, 3.8) is 0 Å². The van der Waals surface area contributed by atoms with Gasteiger partial charge in [0, 0.05) is 31.0 Å². The summed E-state index contributed by atoms with van der Waals surface area (Å²) in [7, 11) is 0. The van der Waals surface area contributed by atoms with Crippen LogP contribution in [0.15, 0.2) is 55.6 Å². The average molecular weight is 631 g/mol. The molecule has 3 heterocycles. The van der Waals surface area contributed by atoms with Gasteiger partial charge >= 0.3 is 0 Å². The van der Waals surface area contributed by atoms with Gasteiger partial charge in [0.25, 0.3) is 0 Å². The second-order valence-corrected chi connectivity index (χ2v) is 13.0. The smallest absolute Gasteiger partial charge is 0.248 e. The summed E-state index contributed by atoms with van der Waals surface area (Å²) in [5.41, 5.74) is -0.200. The van der Waals surface area contributed by atoms with E-state index in [1.807, 2.05) is 44.2 Å². The molecule has 1 aromatic rings. The van der Waals surface area contributed by atoms with E-state index in [2.05, 4.69) is 36.0 Å². The van der Waals surface area contributed by atoms with E-state index >= 15 is 0 Å². The summed E-state index contributed by atoms with van der Waals surface area (Å²) in [6.45, 7) is 14.9. The highest BCUT2D eigenvalue weighted by molar-refractivity contribution is 9.09. The van der Waals surface area contributed by atoms with Crippen LogP contribution in [0, 0.1) is 17.8 Å². The van der Waals surface area contributed by atoms with Gasteiger partial charge in [0.05, 0.1) is 30.6 Å². The summed E-state index contributed by atoms with van der Waals surface area (Å²) in [4.78, 5) is 48.1. The number of carbonyl (C=O) groups excluding carboxylic acids is 3. The maximum Gasteiger partial charge on any atom is 0.248 e. The number of carbonyl (C=O) groups is 3. The predicted molar refractivity (Wildman–Crippen MR) is 162 cm³/mol. The number of aliphatic hydroxyl groups excluding tert-OH is 1. The molecule has 0 saturated carbocycles. The molecule has 0 radical (unpaired) electrons. The number of benzene rings is 1. The lowest BCUT2D eigenvalue weighted by Crippen LogP contribution is -2.60. The van der Waals surface area contributed by atoms with E-state index in [1.165, 1.54) is 0 Å². The third kappa shape index (κ3) is 5.65. The summed E-state index contributed by atoms with van der Waals surface area (Å²) < 4.78 is 6.71. The molecule has 224 valence electrons. The lowest BCUT2D eigenvalue weighted by atomic mass is 9.70. The molecule has 1 N–H and O–H groups in total. The van der Waals surface area contributed by atoms with Gasteiger partial charge < -0.3 is 24.5 Å². The van der Waals surface area contributed by atoms with Crippen molar-refractivity contribution < 1.29 is 24.2 Å². The number of rotatable bonds is 14. The number of ether oxygens (including phenoxy) is 1. The van der Waals surface area contributed by atoms with Crippen LogP contribution < -0.4 is 0 Å². The van der Waals surface area contributed by atoms with Crippen molar-refractivity contribution >= 4 is 33.7 Å². The number of unbranched alkanes of at least 4 members (excludes halogenated alkanes) is 1. The summed E-state index contributed by atoms with van der Waals surface area (Å²) in [5.74, 6) is -2.39. The molecule has 2 bridgehead atoms. The number of amides is 3. The third-order valence-corrected chi connectivity index (χ3v) is 9.72. The first-order valence-corrected chi connectivity index (χ1v) is 15.7. The highest BCUT2D eigenvalue weighted by atomic mass is 79.9. The number of aliphatic hydroxyl groups is 1. The minimum absolute atomic E-state index is 0.112. The molecule has 3 aliphatic heterocycles. The fourth-order valence-electron chi connectivity index (χ4n) is 6.98. The van der Waals surface area contributed by atoms with E-state index in [-0.39, 0.29) is 35.1 Å². The topological polar surface area (TPSA) is 90.4 Å². The Hall–Kier alpha value is -2.49. The molecule has 9 heteroatoms. The van der Waals surface area contributed by atoms with Crippen LogP contribution in [0.1, 0.15) is 45.6 Å². The van der Waals surface area contributed by atoms with Gasteiger partial charge in [-0.15, -0.1) is 13.2 Å². The van der Waals surface area contributed by atoms with Crippen molar-refractivity contribution in [1.82, 2.24) is 14.7 Å². The third-order valence-electron chi connectivity index (χ3n) is 8.88. The fraction of sp³-hybridized carbons (Fsp3) is 0.594. The van der Waals surface area contributed by atoms with Crippen molar-refractivity contribution in [3.05, 3.63) is 61.2 Å². The maximum atomic E-state index is 14.5. The Morgan fingerprint density at radius 1 is 1.17 bits per heavy atom. The van der Waals surface area contributed by atoms with Gasteiger partial charge in [-0.3, -0.25) is 14.4 Å². The summed E-state index contributed by atoms with van der Waals surface area (Å²) in [6.07, 6.45) is 4.98. The van der Waals surface area contributed by atoms with Crippen molar-refractivity contribution in [2.24, 2.45) is 17.8 Å². The number of alkyl halides is 1. The zero-order valence-corrected chi connectivity index (χ0v) is 26.0. The van der Waals surface area contributed by atoms with Crippen molar-refractivity contribution in [2.45, 2.75) is 75.2 Å². The summed E-state index contributed by atoms with van der Waals surface area (Å²) in [6, 6.07) is 8.18. The molecule has 3 amide bonds. The summed E-state index contributed by atoms with van der Waals surface area (Å²) in [5, 5.41) is 10.5. The zero-order valence-electron chi connectivity index (χ0n) is 24.5. The summed E-state index contributed by atoms with van der Waals surface area (Å²) >= 11 is 3.76. The molecule has 0 aliphatic carbocycles. The van der Waals surface area contributed by atoms with Crippen LogP contribution in [0.2, 0.25) is 0 Å². The van der Waals surface area contributed by atoms with Gasteiger partial charge in [-0.2, -0.15) is 0 Å². The molecule has 7 atom stereocenters. The van der Waals surface area contributed by atoms with E-state index in [4.69, 9.17) is 4.74 Å². The van der Waals surface area contributed by atoms with E-state index < -0.39 is 35.6 Å². The molecule has 3 aliphatic rings. The van der Waals surface area contributed by atoms with Crippen molar-refractivity contribution in [1.29, 1.82) is 0 Å². The Labute approximate surface area is 252 Å². The largest absolute Gasteiger partial charge is 0.394 e. The molecule has 3 fully saturated rings. The Bertz CT molecular complexity index is 1130. The zero-order chi connectivity index (χ0) is 29.9. The van der Waals surface area contributed by atoms with Crippen LogP contribution in [-0.4, -0.2) is 92.4 Å². The molecule has 3 unspecified atom stereocenters. The lowest BCUT2D eigenvalue weighted by molar-refractivity contribution is -0.153. The van der Waals surface area contributed by atoms with Gasteiger partial charge in [-0.25, -0.2) is 0 Å². The number of nitrogens with zero attached hydrogens (tertiary/aromatic N) is 3. The van der Waals surface area contributed by atoms with Crippen LogP contribution in [0.5, 0.6) is 0 Å². The van der Waals surface area contributed by atoms with E-state index in [0.29, 0.717) is 32.6 Å². The second-order valence-electron chi connectivity index (χ2n) is 11.8. The van der Waals surface area contributed by atoms with Gasteiger partial charge in [-0.1, -0.05) is 85.6 Å². The number of likely N-dealkylation sites (tertiary alicyclic amines) is 1. The molecule has 0 aromatic heterocycles. The normalized spacial score (nSPS) is 29.0. The van der Waals surface area contributed by atoms with Gasteiger partial charge in [0.1, 0.15) is 11.6 Å². The van der Waals surface area contributed by atoms with Gasteiger partial charge in [-0.05, 0) is 24.3 Å². The standard InChI is InChI=1S/C32H44BrN3O5/c1-6-9-17-34(15-7-2)31(40)28-32-18-23(33)27(41-32)25(26(32)30(39)36(28)24(20-37)21(4)5)29(38)35(16-8-3)19-22-13-11-10-12-14-22/h7-8,10-14,21,23-28,37H,2-3,6,9,15-20H2,1,4-5H3/t23?,24-,25+,26-,27+,28?,32?/m0/s1. The van der Waals surface area contributed by atoms with E-state index in [1.54, 1.807) is 26.9 Å². The highest BCUT2D eigenvalue weighted by Gasteiger charge is 2.77. The number of halogens is 1. The average Bonchev–Trinajstić information content (AvgIpc) is 3.54. The molecule has 1 aromatic carbocycles. The Morgan fingerprint density at radius 2 is 1.83 bits per heavy atom. The molecular weight excluding hydrogens is 586 g/mol. The van der Waals surface area contributed by atoms with Crippen LogP contribution in [-0.2, 0) is 25.7 Å². The molecular formula is C32H44BrN3O5. The predicted octanol–water partition coefficient (Wildman–Crippen LogP) is 3.78. The Kier molecular flexibility index (Phi) is 10.1. The van der Waals surface area contributed by atoms with Crippen molar-refractivity contribution in [2.75, 3.05) is 26.2 Å². The second kappa shape index (κ2) is 13.2. The van der Waals surface area contributed by atoms with Gasteiger partial charge in [0.15, 0.2) is 0 Å². The highest BCUT2D eigenvalue weighted by Crippen LogP contribution is 2.61. The number of hydrogen-bond donors (Lipinski definition) is 1. The fourth-order valence-corrected chi connectivity index (χ4v) is 7.92. The molecule has 8 nitrogen and oxygen atoms in total. The monoisotopic (exact) mass is 629 g/mol. The quantitative estimate of drug-likeness (QED) is 0.250. The van der Waals surface area contributed by atoms with E-state index in [0.717, 1.165) is 18.4 Å². The molecule has 4 rings (SSSR count). The van der Waals surface area contributed by atoms with Crippen LogP contribution >= 0.6 is 15.9 Å². The van der Waals surface area contributed by atoms with Crippen LogP contribution in [0.3, 0.4) is 0 Å². The number of hydrogen-bond acceptors (Lipinski definition) is 5. The first-order valence-electron chi connectivity index (χ1n) is 14.7. The SMILES string of the molecule is C=CCN(CCCC)C(=O)C1N([C@@H](CO)C(C)C)C(=O)[C@@H]2[C@@H](C(=O)N(CC=C)Cc3ccccc3)[C@@H]3OC12CC3Br. The molecule has 1 spiro atoms. The molecule has 3 saturated heterocycles. The van der Waals surface area contributed by atoms with Crippen LogP contribution in [0.4, 0.5) is 0 Å². The van der Waals surface area contributed by atoms with E-state index in [9.17, 15) is 19.5 Å². The minimum Gasteiger partial charge on any atom is -0.394 e. The number of fused-ring (bicyclic) bond motifs is 1. The Morgan fingerprint density at radius 3 is 2.41 bits per heavy atom. The minimum atomic E-state index is -1.17. The lowest BCUT2D eigenvalue weighted by Gasteiger charge is -2.40. The van der Waals surface area contributed by atoms with Crippen LogP contribution in [0.25, 0.3) is 0 Å².